The standard InChI is InChI=1S/C13H12N2O3S/c1-8-14-7-10(19-8)12(16)15-11(13(17)18)9-5-3-2-4-6-9/h2-7,11H,1H3,(H,15,16)(H,17,18). The third-order valence-electron chi connectivity index (χ3n) is 2.50. The van der Waals surface area contributed by atoms with E-state index in [1.807, 2.05) is 0 Å². The van der Waals surface area contributed by atoms with Crippen LogP contribution in [0.1, 0.15) is 26.3 Å². The molecule has 0 aliphatic carbocycles. The van der Waals surface area contributed by atoms with Crippen LogP contribution in [-0.2, 0) is 4.79 Å². The minimum atomic E-state index is -1.10. The first-order valence-electron chi connectivity index (χ1n) is 5.59. The van der Waals surface area contributed by atoms with Gasteiger partial charge in [0.05, 0.1) is 11.2 Å². The number of nitrogens with zero attached hydrogens (tertiary/aromatic N) is 1. The lowest BCUT2D eigenvalue weighted by molar-refractivity contribution is -0.139. The molecule has 0 aliphatic heterocycles. The number of carboxylic acids is 1. The third kappa shape index (κ3) is 3.17. The van der Waals surface area contributed by atoms with Crippen LogP contribution in [0.2, 0.25) is 0 Å². The molecule has 0 fully saturated rings. The Kier molecular flexibility index (Phi) is 3.91. The number of benzene rings is 1. The van der Waals surface area contributed by atoms with Crippen molar-refractivity contribution in [3.63, 3.8) is 0 Å². The second-order valence-corrected chi connectivity index (χ2v) is 5.13. The van der Waals surface area contributed by atoms with Gasteiger partial charge in [-0.3, -0.25) is 4.79 Å². The molecule has 1 heterocycles. The second kappa shape index (κ2) is 5.62. The van der Waals surface area contributed by atoms with E-state index in [0.29, 0.717) is 10.4 Å². The number of carbonyl (C=O) groups is 2. The molecule has 2 aromatic rings. The van der Waals surface area contributed by atoms with E-state index in [1.54, 1.807) is 37.3 Å². The Morgan fingerprint density at radius 2 is 2.00 bits per heavy atom. The summed E-state index contributed by atoms with van der Waals surface area (Å²) >= 11 is 1.23. The number of carbonyl (C=O) groups excluding carboxylic acids is 1. The summed E-state index contributed by atoms with van der Waals surface area (Å²) in [6.45, 7) is 1.79. The Morgan fingerprint density at radius 3 is 2.53 bits per heavy atom. The van der Waals surface area contributed by atoms with Gasteiger partial charge >= 0.3 is 5.97 Å². The van der Waals surface area contributed by atoms with Gasteiger partial charge in [-0.1, -0.05) is 30.3 Å². The van der Waals surface area contributed by atoms with E-state index in [-0.39, 0.29) is 0 Å². The molecule has 1 amide bonds. The van der Waals surface area contributed by atoms with Crippen molar-refractivity contribution in [1.82, 2.24) is 10.3 Å². The topological polar surface area (TPSA) is 79.3 Å². The van der Waals surface area contributed by atoms with Crippen LogP contribution >= 0.6 is 11.3 Å². The van der Waals surface area contributed by atoms with Crippen molar-refractivity contribution >= 4 is 23.2 Å². The Hall–Kier alpha value is -2.21. The number of aliphatic carboxylic acids is 1. The fourth-order valence-corrected chi connectivity index (χ4v) is 2.28. The molecule has 1 aromatic heterocycles. The predicted octanol–water partition coefficient (Wildman–Crippen LogP) is 2.01. The number of amides is 1. The quantitative estimate of drug-likeness (QED) is 0.895. The Morgan fingerprint density at radius 1 is 1.32 bits per heavy atom. The predicted molar refractivity (Wildman–Crippen MR) is 71.1 cm³/mol. The van der Waals surface area contributed by atoms with Crippen LogP contribution in [0.25, 0.3) is 0 Å². The average Bonchev–Trinajstić information content (AvgIpc) is 2.83. The van der Waals surface area contributed by atoms with Crippen LogP contribution in [0.3, 0.4) is 0 Å². The summed E-state index contributed by atoms with van der Waals surface area (Å²) in [6, 6.07) is 7.52. The molecular formula is C13H12N2O3S. The number of nitrogens with one attached hydrogen (secondary N) is 1. The van der Waals surface area contributed by atoms with Crippen molar-refractivity contribution in [2.75, 3.05) is 0 Å². The van der Waals surface area contributed by atoms with Gasteiger partial charge in [0, 0.05) is 0 Å². The Bertz CT molecular complexity index is 595. The van der Waals surface area contributed by atoms with Crippen LogP contribution in [0.15, 0.2) is 36.5 Å². The molecule has 0 radical (unpaired) electrons. The van der Waals surface area contributed by atoms with Gasteiger partial charge in [-0.05, 0) is 12.5 Å². The number of aromatic nitrogens is 1. The average molecular weight is 276 g/mol. The zero-order chi connectivity index (χ0) is 13.8. The smallest absolute Gasteiger partial charge is 0.330 e. The van der Waals surface area contributed by atoms with Crippen LogP contribution in [-0.4, -0.2) is 22.0 Å². The molecule has 0 spiro atoms. The molecule has 19 heavy (non-hydrogen) atoms. The fraction of sp³-hybridized carbons (Fsp3) is 0.154. The highest BCUT2D eigenvalue weighted by Crippen LogP contribution is 2.16. The van der Waals surface area contributed by atoms with Crippen molar-refractivity contribution in [2.24, 2.45) is 0 Å². The maximum atomic E-state index is 11.9. The first kappa shape index (κ1) is 13.2. The van der Waals surface area contributed by atoms with E-state index in [4.69, 9.17) is 0 Å². The monoisotopic (exact) mass is 276 g/mol. The summed E-state index contributed by atoms with van der Waals surface area (Å²) in [4.78, 5) is 27.6. The largest absolute Gasteiger partial charge is 0.479 e. The number of rotatable bonds is 4. The van der Waals surface area contributed by atoms with Gasteiger partial charge in [0.1, 0.15) is 4.88 Å². The molecule has 1 unspecified atom stereocenters. The molecule has 2 rings (SSSR count). The lowest BCUT2D eigenvalue weighted by atomic mass is 10.1. The molecule has 98 valence electrons. The first-order valence-corrected chi connectivity index (χ1v) is 6.40. The van der Waals surface area contributed by atoms with Gasteiger partial charge in [-0.15, -0.1) is 11.3 Å². The maximum Gasteiger partial charge on any atom is 0.330 e. The molecule has 0 saturated heterocycles. The lowest BCUT2D eigenvalue weighted by Gasteiger charge is -2.13. The highest BCUT2D eigenvalue weighted by atomic mass is 32.1. The summed E-state index contributed by atoms with van der Waals surface area (Å²) in [7, 11) is 0. The van der Waals surface area contributed by atoms with Crippen molar-refractivity contribution in [1.29, 1.82) is 0 Å². The molecule has 1 aromatic carbocycles. The molecule has 0 saturated carbocycles. The van der Waals surface area contributed by atoms with E-state index < -0.39 is 17.9 Å². The molecule has 0 aliphatic rings. The summed E-state index contributed by atoms with van der Waals surface area (Å²) in [6.07, 6.45) is 1.44. The number of aryl methyl sites for hydroxylation is 1. The zero-order valence-electron chi connectivity index (χ0n) is 10.2. The summed E-state index contributed by atoms with van der Waals surface area (Å²) in [5.74, 6) is -1.53. The Balaban J connectivity index is 2.18. The van der Waals surface area contributed by atoms with Crippen LogP contribution in [0.5, 0.6) is 0 Å². The molecule has 6 heteroatoms. The molecule has 2 N–H and O–H groups in total. The summed E-state index contributed by atoms with van der Waals surface area (Å²) in [5, 5.41) is 12.5. The first-order chi connectivity index (χ1) is 9.08. The van der Waals surface area contributed by atoms with Gasteiger partial charge in [-0.25, -0.2) is 9.78 Å². The number of carboxylic acid groups (broad SMARTS) is 1. The van der Waals surface area contributed by atoms with Crippen molar-refractivity contribution in [2.45, 2.75) is 13.0 Å². The van der Waals surface area contributed by atoms with Gasteiger partial charge in [-0.2, -0.15) is 0 Å². The van der Waals surface area contributed by atoms with Gasteiger partial charge in [0.2, 0.25) is 0 Å². The van der Waals surface area contributed by atoms with Crippen molar-refractivity contribution in [3.8, 4) is 0 Å². The van der Waals surface area contributed by atoms with Crippen LogP contribution in [0, 0.1) is 6.92 Å². The lowest BCUT2D eigenvalue weighted by Crippen LogP contribution is -2.33. The molecule has 1 atom stereocenters. The van der Waals surface area contributed by atoms with E-state index in [0.717, 1.165) is 5.01 Å². The minimum Gasteiger partial charge on any atom is -0.479 e. The van der Waals surface area contributed by atoms with E-state index >= 15 is 0 Å². The normalized spacial score (nSPS) is 11.8. The van der Waals surface area contributed by atoms with Crippen LogP contribution in [0.4, 0.5) is 0 Å². The second-order valence-electron chi connectivity index (χ2n) is 3.90. The minimum absolute atomic E-state index is 0.402. The zero-order valence-corrected chi connectivity index (χ0v) is 11.0. The number of hydrogen-bond donors (Lipinski definition) is 2. The summed E-state index contributed by atoms with van der Waals surface area (Å²) < 4.78 is 0. The van der Waals surface area contributed by atoms with Gasteiger partial charge in [0.15, 0.2) is 6.04 Å². The molecule has 0 bridgehead atoms. The number of thiazole rings is 1. The molecule has 5 nitrogen and oxygen atoms in total. The van der Waals surface area contributed by atoms with Crippen molar-refractivity contribution in [3.05, 3.63) is 52.0 Å². The molecular weight excluding hydrogens is 264 g/mol. The number of hydrogen-bond acceptors (Lipinski definition) is 4. The summed E-state index contributed by atoms with van der Waals surface area (Å²) in [5.41, 5.74) is 0.532. The fourth-order valence-electron chi connectivity index (χ4n) is 1.60. The van der Waals surface area contributed by atoms with Gasteiger partial charge < -0.3 is 10.4 Å². The van der Waals surface area contributed by atoms with Crippen LogP contribution < -0.4 is 5.32 Å². The van der Waals surface area contributed by atoms with Gasteiger partial charge in [0.25, 0.3) is 5.91 Å². The highest BCUT2D eigenvalue weighted by Gasteiger charge is 2.23. The maximum absolute atomic E-state index is 11.9. The van der Waals surface area contributed by atoms with E-state index in [2.05, 4.69) is 10.3 Å². The van der Waals surface area contributed by atoms with E-state index in [9.17, 15) is 14.7 Å². The highest BCUT2D eigenvalue weighted by molar-refractivity contribution is 7.13. The van der Waals surface area contributed by atoms with Crippen molar-refractivity contribution < 1.29 is 14.7 Å². The SMILES string of the molecule is Cc1ncc(C(=O)NC(C(=O)O)c2ccccc2)s1. The Labute approximate surface area is 113 Å². The van der Waals surface area contributed by atoms with E-state index in [1.165, 1.54) is 17.5 Å². The third-order valence-corrected chi connectivity index (χ3v) is 3.41.